The van der Waals surface area contributed by atoms with Crippen LogP contribution in [0.5, 0.6) is 0 Å². The van der Waals surface area contributed by atoms with Gasteiger partial charge in [0.05, 0.1) is 5.69 Å². The quantitative estimate of drug-likeness (QED) is 0.174. The Hall–Kier alpha value is -3.97. The maximum atomic E-state index is 8.75. The second-order valence-electron chi connectivity index (χ2n) is 14.5. The fourth-order valence-electron chi connectivity index (χ4n) is 6.15. The molecule has 0 spiro atoms. The Morgan fingerprint density at radius 3 is 1.62 bits per heavy atom. The number of aryl methyl sites for hydroxylation is 1. The molecule has 0 aliphatic heterocycles. The zero-order valence-corrected chi connectivity index (χ0v) is 28.9. The summed E-state index contributed by atoms with van der Waals surface area (Å²) in [4.78, 5) is 4.63. The van der Waals surface area contributed by atoms with E-state index in [9.17, 15) is 0 Å². The summed E-state index contributed by atoms with van der Waals surface area (Å²) in [5, 5.41) is 0. The molecule has 0 aliphatic carbocycles. The van der Waals surface area contributed by atoms with Gasteiger partial charge in [-0.3, -0.25) is 4.98 Å². The van der Waals surface area contributed by atoms with Crippen LogP contribution in [0.4, 0.5) is 0 Å². The maximum absolute atomic E-state index is 8.75. The molecule has 45 heavy (non-hydrogen) atoms. The van der Waals surface area contributed by atoms with E-state index in [1.54, 1.807) is 12.3 Å². The van der Waals surface area contributed by atoms with E-state index < -0.39 is 11.8 Å². The lowest BCUT2D eigenvalue weighted by atomic mass is 9.81. The SMILES string of the molecule is [2H]C([2H])(c1ccnc(-c2ccc(C)c(-c3ccc(-c4ccc(-c5c(C(C)C)cc(C(C)C)cc5C(C)C)cc4)cc3)c2)c1)C(C)(C)C. The Morgan fingerprint density at radius 1 is 0.600 bits per heavy atom. The monoisotopic (exact) mass is 595 g/mol. The molecule has 5 rings (SSSR count). The highest BCUT2D eigenvalue weighted by Gasteiger charge is 2.19. The minimum atomic E-state index is -1.47. The van der Waals surface area contributed by atoms with Gasteiger partial charge in [0.15, 0.2) is 0 Å². The summed E-state index contributed by atoms with van der Waals surface area (Å²) in [5.74, 6) is 1.40. The highest BCUT2D eigenvalue weighted by atomic mass is 14.7. The topological polar surface area (TPSA) is 12.9 Å². The normalized spacial score (nSPS) is 13.0. The van der Waals surface area contributed by atoms with Crippen LogP contribution in [0.2, 0.25) is 0 Å². The second-order valence-corrected chi connectivity index (χ2v) is 14.5. The number of nitrogens with zero attached hydrogens (tertiary/aromatic N) is 1. The summed E-state index contributed by atoms with van der Waals surface area (Å²) in [7, 11) is 0. The van der Waals surface area contributed by atoms with Crippen LogP contribution >= 0.6 is 0 Å². The first-order valence-electron chi connectivity index (χ1n) is 17.5. The molecule has 0 saturated carbocycles. The molecule has 5 aromatic rings. The molecule has 0 saturated heterocycles. The first-order valence-corrected chi connectivity index (χ1v) is 16.5. The van der Waals surface area contributed by atoms with E-state index in [-0.39, 0.29) is 0 Å². The highest BCUT2D eigenvalue weighted by Crippen LogP contribution is 2.40. The van der Waals surface area contributed by atoms with E-state index in [4.69, 9.17) is 2.74 Å². The molecule has 0 bridgehead atoms. The molecule has 4 aromatic carbocycles. The lowest BCUT2D eigenvalue weighted by molar-refractivity contribution is 0.411. The third kappa shape index (κ3) is 7.47. The van der Waals surface area contributed by atoms with Crippen LogP contribution in [0.15, 0.2) is 97.2 Å². The summed E-state index contributed by atoms with van der Waals surface area (Å²) < 4.78 is 17.5. The van der Waals surface area contributed by atoms with E-state index in [2.05, 4.69) is 132 Å². The summed E-state index contributed by atoms with van der Waals surface area (Å²) in [6, 6.07) is 32.9. The number of rotatable bonds is 8. The Labute approximate surface area is 275 Å². The molecule has 0 atom stereocenters. The first-order chi connectivity index (χ1) is 22.1. The predicted octanol–water partition coefficient (Wildman–Crippen LogP) is 13.0. The molecule has 232 valence electrons. The van der Waals surface area contributed by atoms with Crippen LogP contribution < -0.4 is 0 Å². The summed E-state index contributed by atoms with van der Waals surface area (Å²) >= 11 is 0. The Balaban J connectivity index is 1.45. The molecular weight excluding hydrogens is 542 g/mol. The van der Waals surface area contributed by atoms with Crippen LogP contribution in [0.1, 0.15) is 111 Å². The van der Waals surface area contributed by atoms with Gasteiger partial charge in [-0.1, -0.05) is 135 Å². The van der Waals surface area contributed by atoms with Gasteiger partial charge in [0.2, 0.25) is 0 Å². The first kappa shape index (κ1) is 29.7. The van der Waals surface area contributed by atoms with Gasteiger partial charge < -0.3 is 0 Å². The van der Waals surface area contributed by atoms with Crippen LogP contribution in [-0.4, -0.2) is 4.98 Å². The van der Waals surface area contributed by atoms with Crippen molar-refractivity contribution in [2.24, 2.45) is 5.41 Å². The molecule has 0 radical (unpaired) electrons. The van der Waals surface area contributed by atoms with Gasteiger partial charge in [-0.2, -0.15) is 0 Å². The van der Waals surface area contributed by atoms with E-state index in [0.717, 1.165) is 22.4 Å². The molecular formula is C44H51N. The van der Waals surface area contributed by atoms with Gasteiger partial charge in [0, 0.05) is 14.5 Å². The molecule has 1 heteroatoms. The Kier molecular flexibility index (Phi) is 8.70. The van der Waals surface area contributed by atoms with Crippen LogP contribution in [0.3, 0.4) is 0 Å². The molecule has 0 unspecified atom stereocenters. The fourth-order valence-corrected chi connectivity index (χ4v) is 6.15. The Morgan fingerprint density at radius 2 is 1.11 bits per heavy atom. The van der Waals surface area contributed by atoms with Gasteiger partial charge in [-0.25, -0.2) is 0 Å². The standard InChI is InChI=1S/C44H51N/c1-28(2)38-25-39(29(3)4)43(40(26-38)30(5)6)36-19-15-34(16-20-36)33-13-17-35(18-14-33)41-24-37(12-11-31(41)7)42-23-32(21-22-45-42)27-44(8,9)10/h11-26,28-30H,27H2,1-10H3/i27D2. The zero-order valence-electron chi connectivity index (χ0n) is 30.9. The van der Waals surface area contributed by atoms with Crippen LogP contribution in [0.25, 0.3) is 44.6 Å². The number of aromatic nitrogens is 1. The minimum absolute atomic E-state index is 0.447. The summed E-state index contributed by atoms with van der Waals surface area (Å²) in [6.07, 6.45) is 0.250. The average molecular weight is 596 g/mol. The predicted molar refractivity (Wildman–Crippen MR) is 196 cm³/mol. The number of pyridine rings is 1. The zero-order chi connectivity index (χ0) is 34.3. The third-order valence-corrected chi connectivity index (χ3v) is 8.65. The smallest absolute Gasteiger partial charge is 0.0704 e. The van der Waals surface area contributed by atoms with E-state index in [0.29, 0.717) is 23.3 Å². The number of benzene rings is 4. The molecule has 1 aromatic heterocycles. The van der Waals surface area contributed by atoms with Crippen molar-refractivity contribution < 1.29 is 2.74 Å². The average Bonchev–Trinajstić information content (AvgIpc) is 3.04. The molecule has 1 heterocycles. The van der Waals surface area contributed by atoms with Crippen molar-refractivity contribution in [3.63, 3.8) is 0 Å². The lowest BCUT2D eigenvalue weighted by Gasteiger charge is -2.23. The molecule has 1 nitrogen and oxygen atoms in total. The van der Waals surface area contributed by atoms with E-state index >= 15 is 0 Å². The summed E-state index contributed by atoms with van der Waals surface area (Å²) in [5.41, 5.74) is 14.8. The Bertz CT molecular complexity index is 1820. The van der Waals surface area contributed by atoms with Crippen molar-refractivity contribution in [1.29, 1.82) is 0 Å². The largest absolute Gasteiger partial charge is 0.256 e. The fraction of sp³-hybridized carbons (Fsp3) is 0.341. The molecule has 0 N–H and O–H groups in total. The van der Waals surface area contributed by atoms with Crippen molar-refractivity contribution in [1.82, 2.24) is 4.98 Å². The van der Waals surface area contributed by atoms with Gasteiger partial charge in [0.1, 0.15) is 0 Å². The molecule has 0 aliphatic rings. The maximum Gasteiger partial charge on any atom is 0.0704 e. The van der Waals surface area contributed by atoms with Crippen molar-refractivity contribution in [2.75, 3.05) is 0 Å². The van der Waals surface area contributed by atoms with Gasteiger partial charge in [-0.05, 0) is 116 Å². The van der Waals surface area contributed by atoms with Gasteiger partial charge in [0.25, 0.3) is 0 Å². The number of hydrogen-bond acceptors (Lipinski definition) is 1. The van der Waals surface area contributed by atoms with Gasteiger partial charge in [-0.15, -0.1) is 0 Å². The van der Waals surface area contributed by atoms with E-state index in [1.807, 2.05) is 26.8 Å². The molecule has 0 fully saturated rings. The van der Waals surface area contributed by atoms with Crippen molar-refractivity contribution in [3.8, 4) is 44.6 Å². The van der Waals surface area contributed by atoms with Crippen molar-refractivity contribution >= 4 is 0 Å². The number of hydrogen-bond donors (Lipinski definition) is 0. The van der Waals surface area contributed by atoms with Crippen LogP contribution in [0, 0.1) is 12.3 Å². The van der Waals surface area contributed by atoms with Crippen molar-refractivity contribution in [2.45, 2.75) is 93.4 Å². The lowest BCUT2D eigenvalue weighted by Crippen LogP contribution is -2.09. The van der Waals surface area contributed by atoms with Crippen LogP contribution in [-0.2, 0) is 6.37 Å². The minimum Gasteiger partial charge on any atom is -0.256 e. The van der Waals surface area contributed by atoms with Crippen molar-refractivity contribution in [3.05, 3.63) is 125 Å². The highest BCUT2D eigenvalue weighted by molar-refractivity contribution is 5.79. The van der Waals surface area contributed by atoms with E-state index in [1.165, 1.54) is 44.5 Å². The second kappa shape index (κ2) is 13.2. The third-order valence-electron chi connectivity index (χ3n) is 8.65. The van der Waals surface area contributed by atoms with Gasteiger partial charge >= 0.3 is 0 Å². The molecule has 0 amide bonds. The summed E-state index contributed by atoms with van der Waals surface area (Å²) in [6.45, 7) is 21.7.